The minimum Gasteiger partial charge on any atom is -0.356 e. The van der Waals surface area contributed by atoms with E-state index in [0.29, 0.717) is 5.92 Å². The van der Waals surface area contributed by atoms with Crippen LogP contribution in [0.1, 0.15) is 43.1 Å². The van der Waals surface area contributed by atoms with Crippen LogP contribution in [0.5, 0.6) is 0 Å². The van der Waals surface area contributed by atoms with Gasteiger partial charge in [0.25, 0.3) is 0 Å². The average molecular weight is 389 g/mol. The number of likely N-dealkylation sites (tertiary alicyclic amines) is 1. The third-order valence-electron chi connectivity index (χ3n) is 5.41. The number of anilines is 1. The van der Waals surface area contributed by atoms with Gasteiger partial charge in [-0.1, -0.05) is 0 Å². The van der Waals surface area contributed by atoms with Gasteiger partial charge < -0.3 is 15.1 Å². The lowest BCUT2D eigenvalue weighted by molar-refractivity contribution is 0.299. The summed E-state index contributed by atoms with van der Waals surface area (Å²) in [6.07, 6.45) is 7.25. The lowest BCUT2D eigenvalue weighted by Crippen LogP contribution is -2.45. The summed E-state index contributed by atoms with van der Waals surface area (Å²) in [6, 6.07) is 0. The first-order valence-electron chi connectivity index (χ1n) is 9.83. The Bertz CT molecular complexity index is 726. The van der Waals surface area contributed by atoms with Crippen LogP contribution in [0.15, 0.2) is 16.7 Å². The normalized spacial score (nSPS) is 19.1. The maximum Gasteiger partial charge on any atom is 0.193 e. The van der Waals surface area contributed by atoms with Gasteiger partial charge in [0.05, 0.1) is 5.69 Å². The molecule has 2 fully saturated rings. The maximum atomic E-state index is 4.80. The summed E-state index contributed by atoms with van der Waals surface area (Å²) in [5.41, 5.74) is 1.17. The highest BCUT2D eigenvalue weighted by Gasteiger charge is 2.24. The molecule has 0 amide bonds. The minimum absolute atomic E-state index is 0.473. The van der Waals surface area contributed by atoms with Crippen molar-refractivity contribution in [2.24, 2.45) is 4.99 Å². The first-order valence-corrected chi connectivity index (χ1v) is 10.7. The van der Waals surface area contributed by atoms with Crippen molar-refractivity contribution in [2.45, 2.75) is 38.0 Å². The Balaban J connectivity index is 1.23. The number of rotatable bonds is 5. The van der Waals surface area contributed by atoms with Gasteiger partial charge in [-0.05, 0) is 25.7 Å². The maximum absolute atomic E-state index is 4.80. The summed E-state index contributed by atoms with van der Waals surface area (Å²) < 4.78 is 0. The molecule has 0 atom stereocenters. The third kappa shape index (κ3) is 4.40. The Hall–Kier alpha value is -2.16. The number of aliphatic imine (C=N–C) groups is 1. The molecule has 8 nitrogen and oxygen atoms in total. The molecule has 146 valence electrons. The summed E-state index contributed by atoms with van der Waals surface area (Å²) in [5, 5.41) is 13.9. The quantitative estimate of drug-likeness (QED) is 0.601. The Morgan fingerprint density at radius 3 is 2.81 bits per heavy atom. The molecule has 2 N–H and O–H groups in total. The van der Waals surface area contributed by atoms with Gasteiger partial charge in [0.15, 0.2) is 11.1 Å². The van der Waals surface area contributed by atoms with E-state index in [-0.39, 0.29) is 0 Å². The zero-order valence-corrected chi connectivity index (χ0v) is 16.7. The number of nitrogens with one attached hydrogen (secondary N) is 2. The fourth-order valence-corrected chi connectivity index (χ4v) is 4.79. The molecule has 2 aromatic rings. The molecule has 2 aliphatic heterocycles. The molecular formula is C18H28N8S. The average Bonchev–Trinajstić information content (AvgIpc) is 3.48. The molecule has 0 unspecified atom stereocenters. The third-order valence-corrected chi connectivity index (χ3v) is 6.36. The molecule has 0 bridgehead atoms. The minimum atomic E-state index is 0.473. The first kappa shape index (κ1) is 18.2. The molecule has 2 saturated heterocycles. The smallest absolute Gasteiger partial charge is 0.193 e. The monoisotopic (exact) mass is 388 g/mol. The van der Waals surface area contributed by atoms with Crippen LogP contribution in [0.4, 0.5) is 5.13 Å². The molecule has 2 aliphatic rings. The van der Waals surface area contributed by atoms with Gasteiger partial charge >= 0.3 is 0 Å². The van der Waals surface area contributed by atoms with E-state index in [4.69, 9.17) is 4.98 Å². The number of thiazole rings is 1. The van der Waals surface area contributed by atoms with Crippen LogP contribution >= 0.6 is 11.3 Å². The standard InChI is InChI=1S/C18H28N8S/c1-19-17(25-10-5-14(6-11-25)16-21-13-22-24-16)20-7-4-15-12-27-18(23-15)26-8-2-3-9-26/h12-14H,2-11H2,1H3,(H,19,20)(H,21,22,24). The molecule has 4 heterocycles. The highest BCUT2D eigenvalue weighted by atomic mass is 32.1. The summed E-state index contributed by atoms with van der Waals surface area (Å²) >= 11 is 1.77. The Labute approximate surface area is 164 Å². The molecule has 27 heavy (non-hydrogen) atoms. The van der Waals surface area contributed by atoms with Gasteiger partial charge in [-0.3, -0.25) is 10.1 Å². The van der Waals surface area contributed by atoms with E-state index in [9.17, 15) is 0 Å². The van der Waals surface area contributed by atoms with Gasteiger partial charge in [-0.2, -0.15) is 5.10 Å². The Morgan fingerprint density at radius 2 is 2.11 bits per heavy atom. The fourth-order valence-electron chi connectivity index (χ4n) is 3.88. The Morgan fingerprint density at radius 1 is 1.30 bits per heavy atom. The second-order valence-corrected chi connectivity index (χ2v) is 8.01. The fraction of sp³-hybridized carbons (Fsp3) is 0.667. The molecule has 0 aliphatic carbocycles. The number of hydrogen-bond acceptors (Lipinski definition) is 6. The van der Waals surface area contributed by atoms with E-state index in [0.717, 1.165) is 63.8 Å². The number of H-pyrrole nitrogens is 1. The Kier molecular flexibility index (Phi) is 5.86. The van der Waals surface area contributed by atoms with Crippen LogP contribution in [0.3, 0.4) is 0 Å². The van der Waals surface area contributed by atoms with Crippen LogP contribution in [-0.2, 0) is 6.42 Å². The zero-order chi connectivity index (χ0) is 18.5. The van der Waals surface area contributed by atoms with Crippen LogP contribution < -0.4 is 10.2 Å². The molecule has 4 rings (SSSR count). The summed E-state index contributed by atoms with van der Waals surface area (Å²) in [7, 11) is 1.86. The van der Waals surface area contributed by atoms with E-state index < -0.39 is 0 Å². The highest BCUT2D eigenvalue weighted by Crippen LogP contribution is 2.25. The molecule has 0 aromatic carbocycles. The van der Waals surface area contributed by atoms with E-state index in [2.05, 4.69) is 40.7 Å². The number of guanidine groups is 1. The summed E-state index contributed by atoms with van der Waals surface area (Å²) in [6.45, 7) is 5.14. The summed E-state index contributed by atoms with van der Waals surface area (Å²) in [5.74, 6) is 2.47. The van der Waals surface area contributed by atoms with E-state index in [1.807, 2.05) is 7.05 Å². The SMILES string of the molecule is CN=C(NCCc1csc(N2CCCC2)n1)N1CCC(c2ncn[nH]2)CC1. The van der Waals surface area contributed by atoms with Crippen molar-refractivity contribution in [2.75, 3.05) is 44.7 Å². The van der Waals surface area contributed by atoms with Crippen LogP contribution in [-0.4, -0.2) is 70.8 Å². The van der Waals surface area contributed by atoms with Gasteiger partial charge in [0.2, 0.25) is 0 Å². The molecule has 2 aromatic heterocycles. The lowest BCUT2D eigenvalue weighted by Gasteiger charge is -2.33. The van der Waals surface area contributed by atoms with E-state index in [1.54, 1.807) is 17.7 Å². The van der Waals surface area contributed by atoms with Gasteiger partial charge in [-0.25, -0.2) is 9.97 Å². The van der Waals surface area contributed by atoms with E-state index >= 15 is 0 Å². The van der Waals surface area contributed by atoms with E-state index in [1.165, 1.54) is 23.7 Å². The van der Waals surface area contributed by atoms with Crippen LogP contribution in [0.25, 0.3) is 0 Å². The van der Waals surface area contributed by atoms with Crippen molar-refractivity contribution >= 4 is 22.4 Å². The molecule has 9 heteroatoms. The first-order chi connectivity index (χ1) is 13.3. The van der Waals surface area contributed by atoms with Gasteiger partial charge in [-0.15, -0.1) is 11.3 Å². The van der Waals surface area contributed by atoms with Crippen molar-refractivity contribution in [3.8, 4) is 0 Å². The molecule has 0 spiro atoms. The second-order valence-electron chi connectivity index (χ2n) is 7.17. The van der Waals surface area contributed by atoms with Crippen molar-refractivity contribution in [3.05, 3.63) is 23.2 Å². The van der Waals surface area contributed by atoms with Crippen molar-refractivity contribution in [3.63, 3.8) is 0 Å². The van der Waals surface area contributed by atoms with Crippen LogP contribution in [0.2, 0.25) is 0 Å². The predicted molar refractivity (Wildman–Crippen MR) is 109 cm³/mol. The van der Waals surface area contributed by atoms with Crippen molar-refractivity contribution in [1.29, 1.82) is 0 Å². The highest BCUT2D eigenvalue weighted by molar-refractivity contribution is 7.13. The second kappa shape index (κ2) is 8.69. The predicted octanol–water partition coefficient (Wildman–Crippen LogP) is 1.86. The van der Waals surface area contributed by atoms with Gasteiger partial charge in [0.1, 0.15) is 12.2 Å². The number of piperidine rings is 1. The largest absolute Gasteiger partial charge is 0.356 e. The summed E-state index contributed by atoms with van der Waals surface area (Å²) in [4.78, 5) is 18.3. The molecular weight excluding hydrogens is 360 g/mol. The van der Waals surface area contributed by atoms with Crippen molar-refractivity contribution in [1.82, 2.24) is 30.4 Å². The van der Waals surface area contributed by atoms with Crippen molar-refractivity contribution < 1.29 is 0 Å². The lowest BCUT2D eigenvalue weighted by atomic mass is 9.96. The molecule has 0 saturated carbocycles. The number of aromatic nitrogens is 4. The molecule has 0 radical (unpaired) electrons. The van der Waals surface area contributed by atoms with Gasteiger partial charge in [0, 0.05) is 57.5 Å². The van der Waals surface area contributed by atoms with Crippen LogP contribution in [0, 0.1) is 0 Å². The number of hydrogen-bond donors (Lipinski definition) is 2. The topological polar surface area (TPSA) is 85.3 Å². The number of aromatic amines is 1. The number of nitrogens with zero attached hydrogens (tertiary/aromatic N) is 6. The zero-order valence-electron chi connectivity index (χ0n) is 15.9.